The molecular weight excluding hydrogens is 122 g/mol. The van der Waals surface area contributed by atoms with E-state index in [0.717, 1.165) is 0 Å². The van der Waals surface area contributed by atoms with Crippen molar-refractivity contribution in [3.05, 3.63) is 0 Å². The highest BCUT2D eigenvalue weighted by Crippen LogP contribution is 2.00. The number of hydrogen-bond acceptors (Lipinski definition) is 3. The first kappa shape index (κ1) is 6.51. The first-order valence-electron chi connectivity index (χ1n) is 2.83. The molecule has 0 aromatic carbocycles. The van der Waals surface area contributed by atoms with Gasteiger partial charge in [-0.2, -0.15) is 0 Å². The van der Waals surface area contributed by atoms with E-state index < -0.39 is 5.97 Å². The lowest BCUT2D eigenvalue weighted by Gasteiger charge is -2.01. The third kappa shape index (κ3) is 1.99. The minimum Gasteiger partial charge on any atom is -0.481 e. The summed E-state index contributed by atoms with van der Waals surface area (Å²) < 4.78 is 4.97. The van der Waals surface area contributed by atoms with E-state index in [9.17, 15) is 4.79 Å². The van der Waals surface area contributed by atoms with Gasteiger partial charge in [-0.05, 0) is 0 Å². The van der Waals surface area contributed by atoms with Crippen LogP contribution in [0.5, 0.6) is 0 Å². The standard InChI is InChI=1S/C5H9NO3/c7-5(8)1-4-2-6-3-9-4/h4,6H,1-3H2,(H,7,8). The van der Waals surface area contributed by atoms with E-state index in [2.05, 4.69) is 5.32 Å². The van der Waals surface area contributed by atoms with Gasteiger partial charge in [0.25, 0.3) is 0 Å². The molecule has 52 valence electrons. The third-order valence-electron chi connectivity index (χ3n) is 1.20. The molecule has 0 aromatic rings. The molecule has 1 unspecified atom stereocenters. The molecule has 1 rings (SSSR count). The van der Waals surface area contributed by atoms with Crippen molar-refractivity contribution in [2.24, 2.45) is 0 Å². The SMILES string of the molecule is O=C(O)CC1CNCO1. The molecule has 4 nitrogen and oxygen atoms in total. The van der Waals surface area contributed by atoms with Crippen LogP contribution in [0, 0.1) is 0 Å². The molecule has 1 aliphatic rings. The minimum atomic E-state index is -0.802. The minimum absolute atomic E-state index is 0.104. The van der Waals surface area contributed by atoms with E-state index in [0.29, 0.717) is 13.3 Å². The molecule has 1 fully saturated rings. The molecule has 9 heavy (non-hydrogen) atoms. The fourth-order valence-electron chi connectivity index (χ4n) is 0.781. The molecule has 0 bridgehead atoms. The molecule has 0 aromatic heterocycles. The van der Waals surface area contributed by atoms with Crippen molar-refractivity contribution in [3.8, 4) is 0 Å². The van der Waals surface area contributed by atoms with Gasteiger partial charge in [0.15, 0.2) is 0 Å². The number of carbonyl (C=O) groups is 1. The van der Waals surface area contributed by atoms with Gasteiger partial charge in [0.2, 0.25) is 0 Å². The van der Waals surface area contributed by atoms with Gasteiger partial charge in [-0.25, -0.2) is 0 Å². The van der Waals surface area contributed by atoms with Gasteiger partial charge >= 0.3 is 5.97 Å². The van der Waals surface area contributed by atoms with Crippen LogP contribution in [0.4, 0.5) is 0 Å². The maximum Gasteiger partial charge on any atom is 0.306 e. The van der Waals surface area contributed by atoms with Gasteiger partial charge in [-0.15, -0.1) is 0 Å². The van der Waals surface area contributed by atoms with Gasteiger partial charge in [0, 0.05) is 6.54 Å². The zero-order chi connectivity index (χ0) is 6.69. The van der Waals surface area contributed by atoms with Crippen molar-refractivity contribution < 1.29 is 14.6 Å². The first-order valence-corrected chi connectivity index (χ1v) is 2.83. The molecule has 1 aliphatic heterocycles. The second-order valence-corrected chi connectivity index (χ2v) is 1.98. The van der Waals surface area contributed by atoms with Gasteiger partial charge in [-0.3, -0.25) is 10.1 Å². The van der Waals surface area contributed by atoms with Crippen LogP contribution < -0.4 is 5.32 Å². The Labute approximate surface area is 52.8 Å². The van der Waals surface area contributed by atoms with Gasteiger partial charge in [0.05, 0.1) is 19.3 Å². The number of carboxylic acid groups (broad SMARTS) is 1. The number of hydrogen-bond donors (Lipinski definition) is 2. The fourth-order valence-corrected chi connectivity index (χ4v) is 0.781. The number of nitrogens with one attached hydrogen (secondary N) is 1. The Hall–Kier alpha value is -0.610. The summed E-state index contributed by atoms with van der Waals surface area (Å²) in [4.78, 5) is 10.0. The Kier molecular flexibility index (Phi) is 2.02. The quantitative estimate of drug-likeness (QED) is 0.525. The summed E-state index contributed by atoms with van der Waals surface area (Å²) in [5, 5.41) is 11.2. The van der Waals surface area contributed by atoms with Crippen molar-refractivity contribution in [2.45, 2.75) is 12.5 Å². The average molecular weight is 131 g/mol. The Bertz CT molecular complexity index is 109. The van der Waals surface area contributed by atoms with Crippen LogP contribution in [0.3, 0.4) is 0 Å². The van der Waals surface area contributed by atoms with Crippen LogP contribution in [-0.2, 0) is 9.53 Å². The first-order chi connectivity index (χ1) is 4.29. The smallest absolute Gasteiger partial charge is 0.306 e. The van der Waals surface area contributed by atoms with E-state index in [1.165, 1.54) is 0 Å². The largest absolute Gasteiger partial charge is 0.481 e. The predicted molar refractivity (Wildman–Crippen MR) is 30.0 cm³/mol. The Morgan fingerprint density at radius 1 is 1.89 bits per heavy atom. The zero-order valence-corrected chi connectivity index (χ0v) is 4.96. The maximum atomic E-state index is 10.0. The molecule has 4 heteroatoms. The molecule has 2 N–H and O–H groups in total. The van der Waals surface area contributed by atoms with E-state index in [1.54, 1.807) is 0 Å². The summed E-state index contributed by atoms with van der Waals surface area (Å²) in [6, 6.07) is 0. The molecule has 1 atom stereocenters. The molecule has 1 heterocycles. The summed E-state index contributed by atoms with van der Waals surface area (Å²) in [5.41, 5.74) is 0. The molecule has 1 saturated heterocycles. The third-order valence-corrected chi connectivity index (χ3v) is 1.20. The highest BCUT2D eigenvalue weighted by molar-refractivity contribution is 5.67. The van der Waals surface area contributed by atoms with Crippen LogP contribution in [0.2, 0.25) is 0 Å². The van der Waals surface area contributed by atoms with Crippen molar-refractivity contribution in [1.29, 1.82) is 0 Å². The summed E-state index contributed by atoms with van der Waals surface area (Å²) in [7, 11) is 0. The lowest BCUT2D eigenvalue weighted by molar-refractivity contribution is -0.139. The van der Waals surface area contributed by atoms with Crippen LogP contribution >= 0.6 is 0 Å². The van der Waals surface area contributed by atoms with Gasteiger partial charge in [0.1, 0.15) is 0 Å². The molecule has 0 radical (unpaired) electrons. The number of rotatable bonds is 2. The fraction of sp³-hybridized carbons (Fsp3) is 0.800. The zero-order valence-electron chi connectivity index (χ0n) is 4.96. The Morgan fingerprint density at radius 2 is 2.67 bits per heavy atom. The van der Waals surface area contributed by atoms with Crippen molar-refractivity contribution in [2.75, 3.05) is 13.3 Å². The van der Waals surface area contributed by atoms with E-state index in [1.807, 2.05) is 0 Å². The highest BCUT2D eigenvalue weighted by Gasteiger charge is 2.17. The van der Waals surface area contributed by atoms with Crippen molar-refractivity contribution >= 4 is 5.97 Å². The molecule has 0 saturated carbocycles. The van der Waals surface area contributed by atoms with E-state index in [4.69, 9.17) is 9.84 Å². The molecule has 0 aliphatic carbocycles. The lowest BCUT2D eigenvalue weighted by Crippen LogP contribution is -2.17. The number of carboxylic acids is 1. The Balaban J connectivity index is 2.19. The van der Waals surface area contributed by atoms with E-state index >= 15 is 0 Å². The second kappa shape index (κ2) is 2.80. The van der Waals surface area contributed by atoms with Crippen molar-refractivity contribution in [3.63, 3.8) is 0 Å². The molecule has 0 amide bonds. The molecular formula is C5H9NO3. The normalized spacial score (nSPS) is 26.4. The summed E-state index contributed by atoms with van der Waals surface area (Å²) in [6.07, 6.45) is -0.0185. The van der Waals surface area contributed by atoms with Crippen LogP contribution in [0.25, 0.3) is 0 Å². The second-order valence-electron chi connectivity index (χ2n) is 1.98. The highest BCUT2D eigenvalue weighted by atomic mass is 16.5. The van der Waals surface area contributed by atoms with Gasteiger partial charge < -0.3 is 9.84 Å². The summed E-state index contributed by atoms with van der Waals surface area (Å²) in [5.74, 6) is -0.802. The topological polar surface area (TPSA) is 58.6 Å². The average Bonchev–Trinajstić information content (AvgIpc) is 2.15. The van der Waals surface area contributed by atoms with Gasteiger partial charge in [-0.1, -0.05) is 0 Å². The summed E-state index contributed by atoms with van der Waals surface area (Å²) >= 11 is 0. The number of ether oxygens (including phenoxy) is 1. The predicted octanol–water partition coefficient (Wildman–Crippen LogP) is -0.593. The Morgan fingerprint density at radius 3 is 3.11 bits per heavy atom. The van der Waals surface area contributed by atoms with Crippen molar-refractivity contribution in [1.82, 2.24) is 5.32 Å². The van der Waals surface area contributed by atoms with Crippen LogP contribution in [-0.4, -0.2) is 30.5 Å². The maximum absolute atomic E-state index is 10.0. The lowest BCUT2D eigenvalue weighted by atomic mass is 10.3. The van der Waals surface area contributed by atoms with Crippen LogP contribution in [0.15, 0.2) is 0 Å². The summed E-state index contributed by atoms with van der Waals surface area (Å²) in [6.45, 7) is 1.14. The monoisotopic (exact) mass is 131 g/mol. The molecule has 0 spiro atoms. The number of aliphatic carboxylic acids is 1. The van der Waals surface area contributed by atoms with Crippen LogP contribution in [0.1, 0.15) is 6.42 Å². The van der Waals surface area contributed by atoms with E-state index in [-0.39, 0.29) is 12.5 Å².